The Morgan fingerprint density at radius 2 is 1.33 bits per heavy atom. The molecule has 0 radical (unpaired) electrons. The Bertz CT molecular complexity index is 1020. The molecule has 1 fully saturated rings. The third kappa shape index (κ3) is 2.35. The Morgan fingerprint density at radius 3 is 1.93 bits per heavy atom. The molecule has 2 aromatic rings. The van der Waals surface area contributed by atoms with Gasteiger partial charge in [-0.2, -0.15) is 0 Å². The summed E-state index contributed by atoms with van der Waals surface area (Å²) >= 11 is 0. The molecule has 7 heteroatoms. The Balaban J connectivity index is 1.94. The predicted octanol–water partition coefficient (Wildman–Crippen LogP) is 4.51. The fourth-order valence-corrected chi connectivity index (χ4v) is 5.04. The zero-order valence-electron chi connectivity index (χ0n) is 18.0. The minimum atomic E-state index is -0.123. The fraction of sp³-hybridized carbons (Fsp3) is 0.478. The number of hydrogen-bond donors (Lipinski definition) is 0. The van der Waals surface area contributed by atoms with Crippen LogP contribution in [0.2, 0.25) is 0 Å². The molecule has 3 aliphatic heterocycles. The number of benzene rings is 2. The molecule has 2 bridgehead atoms. The van der Waals surface area contributed by atoms with Crippen LogP contribution in [0.15, 0.2) is 12.1 Å². The summed E-state index contributed by atoms with van der Waals surface area (Å²) in [6.45, 7) is 4.60. The van der Waals surface area contributed by atoms with Gasteiger partial charge in [0, 0.05) is 11.1 Å². The van der Waals surface area contributed by atoms with Crippen LogP contribution >= 0.6 is 0 Å². The van der Waals surface area contributed by atoms with Crippen molar-refractivity contribution in [3.63, 3.8) is 0 Å². The summed E-state index contributed by atoms with van der Waals surface area (Å²) in [7, 11) is 6.50. The molecule has 3 heterocycles. The predicted molar refractivity (Wildman–Crippen MR) is 109 cm³/mol. The minimum Gasteiger partial charge on any atom is -0.493 e. The Labute approximate surface area is 175 Å². The highest BCUT2D eigenvalue weighted by Gasteiger charge is 2.48. The van der Waals surface area contributed by atoms with Crippen LogP contribution in [0.3, 0.4) is 0 Å². The lowest BCUT2D eigenvalue weighted by Gasteiger charge is -2.27. The highest BCUT2D eigenvalue weighted by Crippen LogP contribution is 2.64. The van der Waals surface area contributed by atoms with Crippen molar-refractivity contribution in [3.05, 3.63) is 23.3 Å². The van der Waals surface area contributed by atoms with Crippen molar-refractivity contribution in [2.45, 2.75) is 26.1 Å². The SMILES string of the molecule is COc1cc2c(c(OC)c1OC)-c1c(cc3c(c1OC)OCO3)[C@H]1O[C@@H]2[C@H](C)[C@@H]1C. The van der Waals surface area contributed by atoms with Gasteiger partial charge in [-0.25, -0.2) is 0 Å². The van der Waals surface area contributed by atoms with E-state index in [2.05, 4.69) is 13.8 Å². The van der Waals surface area contributed by atoms with Gasteiger partial charge >= 0.3 is 0 Å². The first-order valence-corrected chi connectivity index (χ1v) is 10.0. The molecule has 0 N–H and O–H groups in total. The van der Waals surface area contributed by atoms with Crippen molar-refractivity contribution in [2.24, 2.45) is 11.8 Å². The number of rotatable bonds is 4. The average molecular weight is 414 g/mol. The third-order valence-corrected chi connectivity index (χ3v) is 6.66. The van der Waals surface area contributed by atoms with Gasteiger partial charge in [0.1, 0.15) is 0 Å². The molecular weight excluding hydrogens is 388 g/mol. The second-order valence-corrected chi connectivity index (χ2v) is 7.91. The molecule has 0 saturated carbocycles. The van der Waals surface area contributed by atoms with E-state index in [1.807, 2.05) is 12.1 Å². The summed E-state index contributed by atoms with van der Waals surface area (Å²) in [6.07, 6.45) is -0.236. The van der Waals surface area contributed by atoms with E-state index >= 15 is 0 Å². The van der Waals surface area contributed by atoms with Crippen LogP contribution in [0.4, 0.5) is 0 Å². The summed E-state index contributed by atoms with van der Waals surface area (Å²) in [5.74, 6) is 4.18. The lowest BCUT2D eigenvalue weighted by Crippen LogP contribution is -2.15. The van der Waals surface area contributed by atoms with E-state index in [0.29, 0.717) is 46.3 Å². The lowest BCUT2D eigenvalue weighted by atomic mass is 9.77. The molecule has 3 aliphatic rings. The zero-order valence-corrected chi connectivity index (χ0v) is 18.0. The summed E-state index contributed by atoms with van der Waals surface area (Å²) in [6, 6.07) is 4.01. The topological polar surface area (TPSA) is 64.6 Å². The van der Waals surface area contributed by atoms with E-state index in [0.717, 1.165) is 22.3 Å². The molecule has 1 saturated heterocycles. The molecule has 0 unspecified atom stereocenters. The maximum atomic E-state index is 6.63. The van der Waals surface area contributed by atoms with Crippen LogP contribution in [0.5, 0.6) is 34.5 Å². The van der Waals surface area contributed by atoms with Gasteiger partial charge in [-0.1, -0.05) is 13.8 Å². The van der Waals surface area contributed by atoms with Gasteiger partial charge in [-0.15, -0.1) is 0 Å². The van der Waals surface area contributed by atoms with Crippen molar-refractivity contribution in [2.75, 3.05) is 35.2 Å². The van der Waals surface area contributed by atoms with Crippen LogP contribution in [0, 0.1) is 11.8 Å². The van der Waals surface area contributed by atoms with Crippen molar-refractivity contribution in [3.8, 4) is 45.6 Å². The molecule has 0 spiro atoms. The van der Waals surface area contributed by atoms with Crippen molar-refractivity contribution < 1.29 is 33.2 Å². The monoisotopic (exact) mass is 414 g/mol. The van der Waals surface area contributed by atoms with Crippen molar-refractivity contribution >= 4 is 0 Å². The van der Waals surface area contributed by atoms with Gasteiger partial charge in [0.15, 0.2) is 23.0 Å². The molecule has 7 nitrogen and oxygen atoms in total. The first-order chi connectivity index (χ1) is 14.5. The first-order valence-electron chi connectivity index (χ1n) is 10.0. The smallest absolute Gasteiger partial charge is 0.231 e. The first kappa shape index (κ1) is 19.2. The maximum absolute atomic E-state index is 6.63. The standard InChI is InChI=1S/C23H26O7/c1-10-11(2)19-13-8-15-21(29-9-28-15)23(27-6)17(13)16-12(18(10)30-19)7-14(24-3)20(25-4)22(16)26-5/h7-8,10-11,18-19H,9H2,1-6H3/t10-,11+,18-,19+/m1/s1. The molecule has 4 atom stereocenters. The van der Waals surface area contributed by atoms with Gasteiger partial charge in [0.25, 0.3) is 0 Å². The molecule has 5 rings (SSSR count). The Kier molecular flexibility index (Phi) is 4.39. The fourth-order valence-electron chi connectivity index (χ4n) is 5.04. The Morgan fingerprint density at radius 1 is 0.733 bits per heavy atom. The molecule has 30 heavy (non-hydrogen) atoms. The largest absolute Gasteiger partial charge is 0.493 e. The van der Waals surface area contributed by atoms with Crippen LogP contribution in [0.25, 0.3) is 11.1 Å². The van der Waals surface area contributed by atoms with Crippen molar-refractivity contribution in [1.29, 1.82) is 0 Å². The van der Waals surface area contributed by atoms with Crippen LogP contribution < -0.4 is 28.4 Å². The molecule has 0 amide bonds. The van der Waals surface area contributed by atoms with E-state index < -0.39 is 0 Å². The van der Waals surface area contributed by atoms with Crippen LogP contribution in [-0.4, -0.2) is 35.2 Å². The van der Waals surface area contributed by atoms with Crippen molar-refractivity contribution in [1.82, 2.24) is 0 Å². The number of methoxy groups -OCH3 is 4. The highest BCUT2D eigenvalue weighted by atomic mass is 16.7. The normalized spacial score (nSPS) is 25.3. The van der Waals surface area contributed by atoms with Gasteiger partial charge < -0.3 is 33.2 Å². The van der Waals surface area contributed by atoms with E-state index in [1.165, 1.54) is 0 Å². The van der Waals surface area contributed by atoms with Gasteiger partial charge in [0.2, 0.25) is 18.3 Å². The number of ether oxygens (including phenoxy) is 7. The minimum absolute atomic E-state index is 0.113. The lowest BCUT2D eigenvalue weighted by molar-refractivity contribution is 0.0312. The van der Waals surface area contributed by atoms with E-state index in [4.69, 9.17) is 33.2 Å². The molecule has 160 valence electrons. The van der Waals surface area contributed by atoms with Crippen LogP contribution in [-0.2, 0) is 4.74 Å². The van der Waals surface area contributed by atoms with Gasteiger partial charge in [-0.3, -0.25) is 0 Å². The maximum Gasteiger partial charge on any atom is 0.231 e. The highest BCUT2D eigenvalue weighted by molar-refractivity contribution is 5.89. The van der Waals surface area contributed by atoms with E-state index in [-0.39, 0.29) is 19.0 Å². The van der Waals surface area contributed by atoms with Gasteiger partial charge in [-0.05, 0) is 35.1 Å². The number of hydrogen-bond acceptors (Lipinski definition) is 7. The van der Waals surface area contributed by atoms with Gasteiger partial charge in [0.05, 0.1) is 40.6 Å². The van der Waals surface area contributed by atoms with E-state index in [9.17, 15) is 0 Å². The Hall–Kier alpha value is -2.80. The zero-order chi connectivity index (χ0) is 21.2. The summed E-state index contributed by atoms with van der Waals surface area (Å²) in [5.41, 5.74) is 3.76. The molecular formula is C23H26O7. The second kappa shape index (κ2) is 6.87. The number of fused-ring (bicyclic) bond motifs is 8. The van der Waals surface area contributed by atoms with E-state index in [1.54, 1.807) is 28.4 Å². The molecule has 0 aliphatic carbocycles. The molecule has 0 aromatic heterocycles. The average Bonchev–Trinajstić information content (AvgIpc) is 3.31. The second-order valence-electron chi connectivity index (χ2n) is 7.91. The van der Waals surface area contributed by atoms with Crippen LogP contribution in [0.1, 0.15) is 37.2 Å². The summed E-state index contributed by atoms with van der Waals surface area (Å²) in [4.78, 5) is 0. The quantitative estimate of drug-likeness (QED) is 0.729. The third-order valence-electron chi connectivity index (χ3n) is 6.66. The summed E-state index contributed by atoms with van der Waals surface area (Å²) in [5, 5.41) is 0. The molecule has 2 aromatic carbocycles. The summed E-state index contributed by atoms with van der Waals surface area (Å²) < 4.78 is 41.2.